The summed E-state index contributed by atoms with van der Waals surface area (Å²) in [4.78, 5) is 17.6. The van der Waals surface area contributed by atoms with Gasteiger partial charge in [0.15, 0.2) is 0 Å². The summed E-state index contributed by atoms with van der Waals surface area (Å²) in [7, 11) is 0. The first-order valence-electron chi connectivity index (χ1n) is 8.11. The van der Waals surface area contributed by atoms with E-state index in [1.807, 2.05) is 19.9 Å². The van der Waals surface area contributed by atoms with Gasteiger partial charge in [0.1, 0.15) is 0 Å². The highest BCUT2D eigenvalue weighted by Gasteiger charge is 2.19. The number of hydrogen-bond donors (Lipinski definition) is 1. The van der Waals surface area contributed by atoms with Crippen molar-refractivity contribution in [3.8, 4) is 11.1 Å². The lowest BCUT2D eigenvalue weighted by atomic mass is 10.0. The third-order valence-electron chi connectivity index (χ3n) is 4.89. The second kappa shape index (κ2) is 6.09. The number of hydrogen-bond acceptors (Lipinski definition) is 2. The highest BCUT2D eigenvalue weighted by molar-refractivity contribution is 5.63. The molecule has 0 radical (unpaired) electrons. The van der Waals surface area contributed by atoms with Crippen molar-refractivity contribution in [1.82, 2.24) is 9.88 Å². The molecular formula is C19H24N2O. The average molecular weight is 296 g/mol. The van der Waals surface area contributed by atoms with Crippen molar-refractivity contribution in [3.05, 3.63) is 57.5 Å². The monoisotopic (exact) mass is 296 g/mol. The zero-order valence-corrected chi connectivity index (χ0v) is 13.6. The molecule has 1 aromatic carbocycles. The van der Waals surface area contributed by atoms with Crippen LogP contribution in [-0.2, 0) is 0 Å². The summed E-state index contributed by atoms with van der Waals surface area (Å²) in [5.41, 5.74) is 5.11. The van der Waals surface area contributed by atoms with Crippen LogP contribution in [0.1, 0.15) is 42.6 Å². The average Bonchev–Trinajstić information content (AvgIpc) is 3.05. The molecule has 1 fully saturated rings. The fourth-order valence-electron chi connectivity index (χ4n) is 3.22. The summed E-state index contributed by atoms with van der Waals surface area (Å²) in [5, 5.41) is 0. The van der Waals surface area contributed by atoms with E-state index in [2.05, 4.69) is 41.1 Å². The van der Waals surface area contributed by atoms with E-state index in [0.29, 0.717) is 6.04 Å². The van der Waals surface area contributed by atoms with Crippen LogP contribution in [0.3, 0.4) is 0 Å². The lowest BCUT2D eigenvalue weighted by molar-refractivity contribution is 0.263. The number of aromatic nitrogens is 1. The molecule has 3 heteroatoms. The lowest BCUT2D eigenvalue weighted by Crippen LogP contribution is -2.23. The van der Waals surface area contributed by atoms with E-state index in [4.69, 9.17) is 0 Å². The van der Waals surface area contributed by atoms with Crippen LogP contribution in [0.5, 0.6) is 0 Å². The highest BCUT2D eigenvalue weighted by atomic mass is 16.1. The van der Waals surface area contributed by atoms with E-state index in [-0.39, 0.29) is 5.56 Å². The Bertz CT molecular complexity index is 709. The molecule has 3 rings (SSSR count). The lowest BCUT2D eigenvalue weighted by Gasteiger charge is -2.24. The maximum absolute atomic E-state index is 12.2. The van der Waals surface area contributed by atoms with Crippen LogP contribution >= 0.6 is 0 Å². The van der Waals surface area contributed by atoms with Crippen molar-refractivity contribution in [1.29, 1.82) is 0 Å². The van der Waals surface area contributed by atoms with Crippen LogP contribution in [0.2, 0.25) is 0 Å². The van der Waals surface area contributed by atoms with Crippen LogP contribution in [0, 0.1) is 13.8 Å². The third kappa shape index (κ3) is 2.86. The Kier molecular flexibility index (Phi) is 4.16. The fraction of sp³-hybridized carbons (Fsp3) is 0.421. The summed E-state index contributed by atoms with van der Waals surface area (Å²) >= 11 is 0. The smallest absolute Gasteiger partial charge is 0.256 e. The quantitative estimate of drug-likeness (QED) is 0.935. The Morgan fingerprint density at radius 2 is 1.73 bits per heavy atom. The van der Waals surface area contributed by atoms with Gasteiger partial charge in [-0.15, -0.1) is 0 Å². The van der Waals surface area contributed by atoms with Gasteiger partial charge < -0.3 is 4.98 Å². The van der Waals surface area contributed by atoms with Gasteiger partial charge in [0.2, 0.25) is 0 Å². The van der Waals surface area contributed by atoms with E-state index >= 15 is 0 Å². The number of nitrogens with zero attached hydrogens (tertiary/aromatic N) is 1. The molecule has 1 aliphatic heterocycles. The molecule has 2 heterocycles. The molecule has 1 saturated heterocycles. The Morgan fingerprint density at radius 1 is 1.09 bits per heavy atom. The molecule has 116 valence electrons. The number of nitrogens with one attached hydrogen (secondary N) is 1. The summed E-state index contributed by atoms with van der Waals surface area (Å²) in [6.45, 7) is 8.61. The van der Waals surface area contributed by atoms with Gasteiger partial charge in [-0.1, -0.05) is 24.3 Å². The third-order valence-corrected chi connectivity index (χ3v) is 4.89. The molecule has 1 aromatic heterocycles. The van der Waals surface area contributed by atoms with E-state index in [1.165, 1.54) is 31.5 Å². The number of aryl methyl sites for hydroxylation is 2. The first-order valence-corrected chi connectivity index (χ1v) is 8.11. The van der Waals surface area contributed by atoms with Gasteiger partial charge >= 0.3 is 0 Å². The Morgan fingerprint density at radius 3 is 2.36 bits per heavy atom. The molecule has 0 bridgehead atoms. The molecule has 2 aromatic rings. The maximum atomic E-state index is 12.2. The summed E-state index contributed by atoms with van der Waals surface area (Å²) < 4.78 is 0. The zero-order chi connectivity index (χ0) is 15.7. The molecule has 1 aliphatic rings. The van der Waals surface area contributed by atoms with Gasteiger partial charge in [-0.2, -0.15) is 0 Å². The van der Waals surface area contributed by atoms with Gasteiger partial charge in [-0.05, 0) is 69.5 Å². The van der Waals surface area contributed by atoms with Crippen LogP contribution < -0.4 is 5.56 Å². The molecule has 1 atom stereocenters. The molecule has 0 spiro atoms. The molecule has 0 amide bonds. The van der Waals surface area contributed by atoms with Crippen LogP contribution in [0.25, 0.3) is 11.1 Å². The standard InChI is InChI=1S/C19H24N2O/c1-13-12-18(19(22)20-14(13)2)17-8-6-16(7-9-17)15(3)21-10-4-5-11-21/h6-9,12,15H,4-5,10-11H2,1-3H3,(H,20,22)/t15-/m0/s1. The van der Waals surface area contributed by atoms with Gasteiger partial charge in [0.05, 0.1) is 0 Å². The van der Waals surface area contributed by atoms with E-state index < -0.39 is 0 Å². The Balaban J connectivity index is 1.88. The van der Waals surface area contributed by atoms with Crippen molar-refractivity contribution < 1.29 is 0 Å². The number of likely N-dealkylation sites (tertiary alicyclic amines) is 1. The largest absolute Gasteiger partial charge is 0.326 e. The topological polar surface area (TPSA) is 36.1 Å². The van der Waals surface area contributed by atoms with Crippen molar-refractivity contribution in [2.75, 3.05) is 13.1 Å². The number of pyridine rings is 1. The van der Waals surface area contributed by atoms with Crippen molar-refractivity contribution in [3.63, 3.8) is 0 Å². The minimum absolute atomic E-state index is 0.0107. The molecule has 3 nitrogen and oxygen atoms in total. The predicted molar refractivity (Wildman–Crippen MR) is 91.2 cm³/mol. The minimum atomic E-state index is -0.0107. The Hall–Kier alpha value is -1.87. The molecule has 0 aliphatic carbocycles. The van der Waals surface area contributed by atoms with Crippen molar-refractivity contribution in [2.24, 2.45) is 0 Å². The van der Waals surface area contributed by atoms with Crippen molar-refractivity contribution in [2.45, 2.75) is 39.7 Å². The van der Waals surface area contributed by atoms with E-state index in [1.54, 1.807) is 0 Å². The van der Waals surface area contributed by atoms with Crippen LogP contribution in [-0.4, -0.2) is 23.0 Å². The predicted octanol–water partition coefficient (Wildman–Crippen LogP) is 3.82. The summed E-state index contributed by atoms with van der Waals surface area (Å²) in [6, 6.07) is 10.9. The zero-order valence-electron chi connectivity index (χ0n) is 13.6. The first-order chi connectivity index (χ1) is 10.6. The van der Waals surface area contributed by atoms with Gasteiger partial charge in [0.25, 0.3) is 5.56 Å². The summed E-state index contributed by atoms with van der Waals surface area (Å²) in [5.74, 6) is 0. The SMILES string of the molecule is Cc1cc(-c2ccc([C@H](C)N3CCCC3)cc2)c(=O)[nH]c1C. The number of H-pyrrole nitrogens is 1. The van der Waals surface area contributed by atoms with Gasteiger partial charge in [0, 0.05) is 17.3 Å². The Labute approximate surface area is 132 Å². The maximum Gasteiger partial charge on any atom is 0.256 e. The van der Waals surface area contributed by atoms with Gasteiger partial charge in [-0.25, -0.2) is 0 Å². The van der Waals surface area contributed by atoms with Crippen LogP contribution in [0.15, 0.2) is 35.1 Å². The van der Waals surface area contributed by atoms with Gasteiger partial charge in [-0.3, -0.25) is 9.69 Å². The molecule has 22 heavy (non-hydrogen) atoms. The highest BCUT2D eigenvalue weighted by Crippen LogP contribution is 2.26. The molecule has 0 unspecified atom stereocenters. The number of rotatable bonds is 3. The van der Waals surface area contributed by atoms with E-state index in [9.17, 15) is 4.79 Å². The number of benzene rings is 1. The molecule has 1 N–H and O–H groups in total. The number of aromatic amines is 1. The van der Waals surface area contributed by atoms with E-state index in [0.717, 1.165) is 22.4 Å². The molecular weight excluding hydrogens is 272 g/mol. The fourth-order valence-corrected chi connectivity index (χ4v) is 3.22. The summed E-state index contributed by atoms with van der Waals surface area (Å²) in [6.07, 6.45) is 2.61. The second-order valence-electron chi connectivity index (χ2n) is 6.36. The second-order valence-corrected chi connectivity index (χ2v) is 6.36. The van der Waals surface area contributed by atoms with Crippen LogP contribution in [0.4, 0.5) is 0 Å². The molecule has 0 saturated carbocycles. The van der Waals surface area contributed by atoms with Crippen molar-refractivity contribution >= 4 is 0 Å². The minimum Gasteiger partial charge on any atom is -0.326 e. The first kappa shape index (κ1) is 15.0. The normalized spacial score (nSPS) is 16.9.